The summed E-state index contributed by atoms with van der Waals surface area (Å²) in [5.41, 5.74) is 0.812. The topological polar surface area (TPSA) is 98.9 Å². The van der Waals surface area contributed by atoms with Gasteiger partial charge in [0.1, 0.15) is 28.6 Å². The quantitative estimate of drug-likeness (QED) is 0.282. The molecule has 0 spiro atoms. The number of aromatic nitrogens is 1. The highest BCUT2D eigenvalue weighted by Crippen LogP contribution is 2.37. The molecule has 3 aromatic rings. The summed E-state index contributed by atoms with van der Waals surface area (Å²) in [4.78, 5) is 38.3. The number of hydrogen-bond donors (Lipinski definition) is 0. The summed E-state index contributed by atoms with van der Waals surface area (Å²) in [6.07, 6.45) is 4.64. The number of rotatable bonds is 6. The summed E-state index contributed by atoms with van der Waals surface area (Å²) in [5, 5.41) is 7.04. The summed E-state index contributed by atoms with van der Waals surface area (Å²) in [6.45, 7) is 7.79. The van der Waals surface area contributed by atoms with Gasteiger partial charge in [-0.05, 0) is 93.8 Å². The Morgan fingerprint density at radius 2 is 1.89 bits per heavy atom. The maximum atomic E-state index is 12.5. The lowest BCUT2D eigenvalue weighted by atomic mass is 9.83. The van der Waals surface area contributed by atoms with Gasteiger partial charge in [0.2, 0.25) is 0 Å². The van der Waals surface area contributed by atoms with Crippen LogP contribution < -0.4 is 4.74 Å². The van der Waals surface area contributed by atoms with Crippen molar-refractivity contribution in [1.82, 2.24) is 10.1 Å². The number of hydrogen-bond acceptors (Lipinski definition) is 7. The molecule has 5 rings (SSSR count). The minimum absolute atomic E-state index is 0.00282. The molecule has 1 aromatic heterocycles. The summed E-state index contributed by atoms with van der Waals surface area (Å²) >= 11 is 0. The molecular formula is C30H36N2O6. The Morgan fingerprint density at radius 3 is 2.63 bits per heavy atom. The highest BCUT2D eigenvalue weighted by molar-refractivity contribution is 6.11. The van der Waals surface area contributed by atoms with E-state index in [1.54, 1.807) is 0 Å². The molecule has 1 aliphatic carbocycles. The Balaban J connectivity index is 1.16. The van der Waals surface area contributed by atoms with Gasteiger partial charge in [0, 0.05) is 19.5 Å². The van der Waals surface area contributed by atoms with Gasteiger partial charge in [-0.15, -0.1) is 0 Å². The fraction of sp³-hybridized carbons (Fsp3) is 0.533. The lowest BCUT2D eigenvalue weighted by Gasteiger charge is -2.33. The zero-order valence-corrected chi connectivity index (χ0v) is 22.5. The molecule has 0 N–H and O–H groups in total. The fourth-order valence-electron chi connectivity index (χ4n) is 5.55. The summed E-state index contributed by atoms with van der Waals surface area (Å²) in [7, 11) is 0. The monoisotopic (exact) mass is 520 g/mol. The van der Waals surface area contributed by atoms with Crippen molar-refractivity contribution in [3.05, 3.63) is 36.0 Å². The molecule has 2 aromatic carbocycles. The lowest BCUT2D eigenvalue weighted by molar-refractivity contribution is -0.130. The normalized spacial score (nSPS) is 19.3. The van der Waals surface area contributed by atoms with Crippen molar-refractivity contribution in [1.29, 1.82) is 0 Å². The Labute approximate surface area is 222 Å². The van der Waals surface area contributed by atoms with Crippen LogP contribution in [0.15, 0.2) is 34.9 Å². The molecule has 0 bridgehead atoms. The first kappa shape index (κ1) is 26.2. The maximum Gasteiger partial charge on any atom is 0.410 e. The number of carbonyl (C=O) groups is 3. The number of likely N-dealkylation sites (tertiary alicyclic amines) is 1. The summed E-state index contributed by atoms with van der Waals surface area (Å²) in [5.74, 6) is 0.910. The smallest absolute Gasteiger partial charge is 0.410 e. The number of piperidine rings is 1. The van der Waals surface area contributed by atoms with Crippen molar-refractivity contribution >= 4 is 39.4 Å². The molecule has 1 aliphatic heterocycles. The molecule has 2 heterocycles. The predicted octanol–water partition coefficient (Wildman–Crippen LogP) is 6.19. The summed E-state index contributed by atoms with van der Waals surface area (Å²) in [6, 6.07) is 9.81. The van der Waals surface area contributed by atoms with Crippen LogP contribution in [0.4, 0.5) is 4.79 Å². The van der Waals surface area contributed by atoms with Crippen molar-refractivity contribution in [3.63, 3.8) is 0 Å². The van der Waals surface area contributed by atoms with E-state index in [2.05, 4.69) is 5.16 Å². The van der Waals surface area contributed by atoms with Crippen LogP contribution in [0.3, 0.4) is 0 Å². The van der Waals surface area contributed by atoms with Gasteiger partial charge >= 0.3 is 6.09 Å². The second kappa shape index (κ2) is 10.8. The average molecular weight is 521 g/mol. The Kier molecular flexibility index (Phi) is 7.41. The molecule has 8 nitrogen and oxygen atoms in total. The number of nitrogens with zero attached hydrogens (tertiary/aromatic N) is 2. The van der Waals surface area contributed by atoms with E-state index in [-0.39, 0.29) is 24.1 Å². The number of amides is 1. The average Bonchev–Trinajstić information content (AvgIpc) is 3.30. The Hall–Kier alpha value is -3.42. The molecule has 1 amide bonds. The van der Waals surface area contributed by atoms with Crippen LogP contribution in [0.1, 0.15) is 77.3 Å². The number of Topliss-reactive ketones (excluding diaryl/α,β-unsaturated/α-hetero) is 2. The largest absolute Gasteiger partial charge is 0.494 e. The third kappa shape index (κ3) is 5.84. The first-order chi connectivity index (χ1) is 18.2. The number of fused-ring (bicyclic) bond motifs is 3. The van der Waals surface area contributed by atoms with Crippen molar-refractivity contribution < 1.29 is 28.4 Å². The van der Waals surface area contributed by atoms with E-state index in [1.807, 2.05) is 56.0 Å². The van der Waals surface area contributed by atoms with E-state index in [0.717, 1.165) is 60.7 Å². The fourth-order valence-corrected chi connectivity index (χ4v) is 5.55. The van der Waals surface area contributed by atoms with Crippen LogP contribution in [0.2, 0.25) is 0 Å². The molecule has 0 radical (unpaired) electrons. The second-order valence-electron chi connectivity index (χ2n) is 11.6. The summed E-state index contributed by atoms with van der Waals surface area (Å²) < 4.78 is 17.1. The molecule has 202 valence electrons. The Bertz CT molecular complexity index is 1350. The molecule has 1 saturated heterocycles. The highest BCUT2D eigenvalue weighted by Gasteiger charge is 2.32. The van der Waals surface area contributed by atoms with E-state index in [4.69, 9.17) is 14.0 Å². The first-order valence-electron chi connectivity index (χ1n) is 13.6. The van der Waals surface area contributed by atoms with Gasteiger partial charge in [-0.1, -0.05) is 11.2 Å². The predicted molar refractivity (Wildman–Crippen MR) is 143 cm³/mol. The minimum atomic E-state index is -0.464. The third-order valence-electron chi connectivity index (χ3n) is 7.55. The standard InChI is InChI=1S/C30H36N2O6/c1-30(2,3)37-29(35)32-14-12-19(13-15-32)5-4-16-36-22-8-10-23-20(17-22)6-11-26-27(23)28(31-38-26)24-9-7-21(33)18-25(24)34/h6,8,10-11,17,19,24H,4-5,7,9,12-16,18H2,1-3H3. The van der Waals surface area contributed by atoms with Gasteiger partial charge in [0.25, 0.3) is 0 Å². The highest BCUT2D eigenvalue weighted by atomic mass is 16.6. The van der Waals surface area contributed by atoms with Gasteiger partial charge in [0.05, 0.1) is 24.3 Å². The number of ether oxygens (including phenoxy) is 2. The van der Waals surface area contributed by atoms with Gasteiger partial charge in [-0.25, -0.2) is 4.79 Å². The first-order valence-corrected chi connectivity index (χ1v) is 13.6. The molecule has 8 heteroatoms. The van der Waals surface area contributed by atoms with E-state index >= 15 is 0 Å². The zero-order valence-electron chi connectivity index (χ0n) is 22.5. The zero-order chi connectivity index (χ0) is 26.9. The van der Waals surface area contributed by atoms with Crippen LogP contribution in [-0.2, 0) is 14.3 Å². The van der Waals surface area contributed by atoms with Crippen molar-refractivity contribution in [2.45, 2.75) is 77.2 Å². The number of benzene rings is 2. The number of ketones is 2. The lowest BCUT2D eigenvalue weighted by Crippen LogP contribution is -2.41. The van der Waals surface area contributed by atoms with E-state index in [0.29, 0.717) is 36.6 Å². The molecule has 2 fully saturated rings. The molecule has 1 atom stereocenters. The van der Waals surface area contributed by atoms with Crippen molar-refractivity contribution in [2.75, 3.05) is 19.7 Å². The number of carbonyl (C=O) groups excluding carboxylic acids is 3. The van der Waals surface area contributed by atoms with Crippen LogP contribution in [0, 0.1) is 5.92 Å². The molecular weight excluding hydrogens is 484 g/mol. The van der Waals surface area contributed by atoms with Crippen LogP contribution in [-0.4, -0.2) is 53.0 Å². The van der Waals surface area contributed by atoms with Crippen LogP contribution in [0.5, 0.6) is 5.75 Å². The molecule has 1 unspecified atom stereocenters. The van der Waals surface area contributed by atoms with Gasteiger partial charge < -0.3 is 18.9 Å². The van der Waals surface area contributed by atoms with E-state index in [9.17, 15) is 14.4 Å². The Morgan fingerprint density at radius 1 is 1.11 bits per heavy atom. The molecule has 1 saturated carbocycles. The second-order valence-corrected chi connectivity index (χ2v) is 11.6. The van der Waals surface area contributed by atoms with Gasteiger partial charge in [-0.2, -0.15) is 0 Å². The SMILES string of the molecule is CC(C)(C)OC(=O)N1CCC(CCCOc2ccc3c(ccc4onc(C5CCC(=O)CC5=O)c43)c2)CC1. The van der Waals surface area contributed by atoms with E-state index < -0.39 is 11.5 Å². The van der Waals surface area contributed by atoms with Gasteiger partial charge in [0.15, 0.2) is 5.58 Å². The van der Waals surface area contributed by atoms with Crippen molar-refractivity contribution in [3.8, 4) is 5.75 Å². The maximum absolute atomic E-state index is 12.5. The molecule has 2 aliphatic rings. The van der Waals surface area contributed by atoms with Crippen molar-refractivity contribution in [2.24, 2.45) is 5.92 Å². The van der Waals surface area contributed by atoms with Crippen LogP contribution in [0.25, 0.3) is 21.7 Å². The third-order valence-corrected chi connectivity index (χ3v) is 7.55. The van der Waals surface area contributed by atoms with Crippen LogP contribution >= 0.6 is 0 Å². The minimum Gasteiger partial charge on any atom is -0.494 e. The molecule has 38 heavy (non-hydrogen) atoms. The van der Waals surface area contributed by atoms with Gasteiger partial charge in [-0.3, -0.25) is 9.59 Å². The van der Waals surface area contributed by atoms with E-state index in [1.165, 1.54) is 0 Å².